The van der Waals surface area contributed by atoms with E-state index in [1.54, 1.807) is 31.4 Å². The monoisotopic (exact) mass is 249 g/mol. The minimum atomic E-state index is -0.490. The second-order valence-corrected chi connectivity index (χ2v) is 4.11. The lowest BCUT2D eigenvalue weighted by atomic mass is 10.1. The topological polar surface area (TPSA) is 55.8 Å². The summed E-state index contributed by atoms with van der Waals surface area (Å²) >= 11 is 0. The maximum atomic E-state index is 11.8. The van der Waals surface area contributed by atoms with Gasteiger partial charge >= 0.3 is 6.09 Å². The number of carbonyl (C=O) groups excluding carboxylic acids is 2. The van der Waals surface area contributed by atoms with Crippen LogP contribution < -0.4 is 9.47 Å². The molecule has 0 radical (unpaired) electrons. The Bertz CT molecular complexity index is 458. The van der Waals surface area contributed by atoms with Gasteiger partial charge in [-0.05, 0) is 18.6 Å². The van der Waals surface area contributed by atoms with Crippen LogP contribution in [0.3, 0.4) is 0 Å². The predicted octanol–water partition coefficient (Wildman–Crippen LogP) is 1.86. The summed E-state index contributed by atoms with van der Waals surface area (Å²) < 4.78 is 10.2. The highest BCUT2D eigenvalue weighted by Crippen LogP contribution is 2.20. The van der Waals surface area contributed by atoms with Crippen molar-refractivity contribution in [1.29, 1.82) is 0 Å². The molecular weight excluding hydrogens is 234 g/mol. The lowest BCUT2D eigenvalue weighted by molar-refractivity contribution is -0.121. The zero-order valence-electron chi connectivity index (χ0n) is 10.2. The number of methoxy groups -OCH3 is 1. The molecule has 5 heteroatoms. The van der Waals surface area contributed by atoms with Gasteiger partial charge in [0.1, 0.15) is 11.5 Å². The van der Waals surface area contributed by atoms with Crippen LogP contribution in [0.25, 0.3) is 0 Å². The molecule has 0 atom stereocenters. The first-order valence-corrected chi connectivity index (χ1v) is 5.81. The number of piperidine rings is 1. The molecule has 0 unspecified atom stereocenters. The Morgan fingerprint density at radius 1 is 1.33 bits per heavy atom. The normalized spacial score (nSPS) is 15.4. The van der Waals surface area contributed by atoms with E-state index in [0.717, 1.165) is 0 Å². The van der Waals surface area contributed by atoms with Crippen molar-refractivity contribution in [3.05, 3.63) is 24.3 Å². The molecule has 1 heterocycles. The van der Waals surface area contributed by atoms with E-state index < -0.39 is 6.09 Å². The third-order valence-corrected chi connectivity index (χ3v) is 2.76. The summed E-state index contributed by atoms with van der Waals surface area (Å²) in [6.07, 6.45) is 0.755. The summed E-state index contributed by atoms with van der Waals surface area (Å²) in [5.74, 6) is 1.11. The summed E-state index contributed by atoms with van der Waals surface area (Å²) in [5, 5.41) is 0. The van der Waals surface area contributed by atoms with Gasteiger partial charge in [-0.15, -0.1) is 0 Å². The fourth-order valence-electron chi connectivity index (χ4n) is 1.82. The number of hydrogen-bond donors (Lipinski definition) is 0. The first-order chi connectivity index (χ1) is 8.69. The number of nitrogens with zero attached hydrogens (tertiary/aromatic N) is 1. The first kappa shape index (κ1) is 12.4. The second kappa shape index (κ2) is 5.53. The molecule has 1 aliphatic rings. The van der Waals surface area contributed by atoms with Gasteiger partial charge in [0.25, 0.3) is 0 Å². The Labute approximate surface area is 105 Å². The molecule has 1 aromatic carbocycles. The highest BCUT2D eigenvalue weighted by Gasteiger charge is 2.23. The number of hydrogen-bond acceptors (Lipinski definition) is 4. The quantitative estimate of drug-likeness (QED) is 0.802. The molecule has 0 bridgehead atoms. The molecule has 0 aromatic heterocycles. The van der Waals surface area contributed by atoms with E-state index in [2.05, 4.69) is 0 Å². The standard InChI is InChI=1S/C13H15NO4/c1-17-11-5-2-6-12(8-11)18-13(16)14-7-3-4-10(15)9-14/h2,5-6,8H,3-4,7,9H2,1H3. The van der Waals surface area contributed by atoms with Gasteiger partial charge in [-0.3, -0.25) is 4.79 Å². The number of carbonyl (C=O) groups is 2. The van der Waals surface area contributed by atoms with E-state index in [9.17, 15) is 9.59 Å². The fourth-order valence-corrected chi connectivity index (χ4v) is 1.82. The van der Waals surface area contributed by atoms with E-state index in [1.807, 2.05) is 0 Å². The van der Waals surface area contributed by atoms with E-state index in [1.165, 1.54) is 4.90 Å². The van der Waals surface area contributed by atoms with E-state index in [-0.39, 0.29) is 12.3 Å². The van der Waals surface area contributed by atoms with Gasteiger partial charge in [-0.1, -0.05) is 6.07 Å². The van der Waals surface area contributed by atoms with Crippen molar-refractivity contribution >= 4 is 11.9 Å². The van der Waals surface area contributed by atoms with Crippen LogP contribution in [0.4, 0.5) is 4.79 Å². The highest BCUT2D eigenvalue weighted by atomic mass is 16.6. The van der Waals surface area contributed by atoms with Crippen molar-refractivity contribution in [3.63, 3.8) is 0 Å². The molecule has 0 N–H and O–H groups in total. The largest absolute Gasteiger partial charge is 0.497 e. The number of ether oxygens (including phenoxy) is 2. The molecule has 18 heavy (non-hydrogen) atoms. The van der Waals surface area contributed by atoms with Crippen LogP contribution in [0, 0.1) is 0 Å². The van der Waals surface area contributed by atoms with E-state index in [0.29, 0.717) is 30.9 Å². The van der Waals surface area contributed by atoms with Gasteiger partial charge in [-0.2, -0.15) is 0 Å². The zero-order valence-corrected chi connectivity index (χ0v) is 10.2. The van der Waals surface area contributed by atoms with Crippen molar-refractivity contribution in [2.45, 2.75) is 12.8 Å². The molecule has 2 rings (SSSR count). The molecule has 0 aliphatic carbocycles. The van der Waals surface area contributed by atoms with Crippen LogP contribution in [0.5, 0.6) is 11.5 Å². The minimum Gasteiger partial charge on any atom is -0.497 e. The number of likely N-dealkylation sites (tertiary alicyclic amines) is 1. The smallest absolute Gasteiger partial charge is 0.415 e. The fraction of sp³-hybridized carbons (Fsp3) is 0.385. The van der Waals surface area contributed by atoms with Crippen LogP contribution in [-0.2, 0) is 4.79 Å². The Balaban J connectivity index is 1.99. The summed E-state index contributed by atoms with van der Waals surface area (Å²) in [7, 11) is 1.55. The molecule has 1 aromatic rings. The predicted molar refractivity (Wildman–Crippen MR) is 64.8 cm³/mol. The SMILES string of the molecule is COc1cccc(OC(=O)N2CCCC(=O)C2)c1. The maximum absolute atomic E-state index is 11.8. The van der Waals surface area contributed by atoms with Crippen molar-refractivity contribution in [2.24, 2.45) is 0 Å². The molecule has 1 saturated heterocycles. The van der Waals surface area contributed by atoms with Crippen LogP contribution in [0.2, 0.25) is 0 Å². The average Bonchev–Trinajstić information content (AvgIpc) is 2.39. The third kappa shape index (κ3) is 3.00. The van der Waals surface area contributed by atoms with Crippen LogP contribution >= 0.6 is 0 Å². The second-order valence-electron chi connectivity index (χ2n) is 4.11. The molecular formula is C13H15NO4. The van der Waals surface area contributed by atoms with Gasteiger partial charge in [0, 0.05) is 19.0 Å². The Hall–Kier alpha value is -2.04. The van der Waals surface area contributed by atoms with Crippen molar-refractivity contribution < 1.29 is 19.1 Å². The maximum Gasteiger partial charge on any atom is 0.415 e. The minimum absolute atomic E-state index is 0.0730. The Morgan fingerprint density at radius 2 is 2.11 bits per heavy atom. The van der Waals surface area contributed by atoms with Gasteiger partial charge in [-0.25, -0.2) is 4.79 Å². The zero-order chi connectivity index (χ0) is 13.0. The molecule has 1 amide bonds. The van der Waals surface area contributed by atoms with Crippen LogP contribution in [-0.4, -0.2) is 37.0 Å². The van der Waals surface area contributed by atoms with Gasteiger partial charge in [0.15, 0.2) is 5.78 Å². The Kier molecular flexibility index (Phi) is 3.82. The molecule has 96 valence electrons. The molecule has 0 saturated carbocycles. The summed E-state index contributed by atoms with van der Waals surface area (Å²) in [5.41, 5.74) is 0. The van der Waals surface area contributed by atoms with Gasteiger partial charge in [0.2, 0.25) is 0 Å². The Morgan fingerprint density at radius 3 is 2.83 bits per heavy atom. The van der Waals surface area contributed by atoms with Crippen LogP contribution in [0.1, 0.15) is 12.8 Å². The van der Waals surface area contributed by atoms with Crippen molar-refractivity contribution in [2.75, 3.05) is 20.2 Å². The number of rotatable bonds is 2. The molecule has 0 spiro atoms. The molecule has 5 nitrogen and oxygen atoms in total. The van der Waals surface area contributed by atoms with Crippen molar-refractivity contribution in [1.82, 2.24) is 4.90 Å². The summed E-state index contributed by atoms with van der Waals surface area (Å²) in [6, 6.07) is 6.81. The molecule has 1 aliphatic heterocycles. The number of benzene rings is 1. The molecule has 1 fully saturated rings. The third-order valence-electron chi connectivity index (χ3n) is 2.76. The first-order valence-electron chi connectivity index (χ1n) is 5.81. The van der Waals surface area contributed by atoms with Crippen molar-refractivity contribution in [3.8, 4) is 11.5 Å². The van der Waals surface area contributed by atoms with E-state index in [4.69, 9.17) is 9.47 Å². The van der Waals surface area contributed by atoms with Crippen LogP contribution in [0.15, 0.2) is 24.3 Å². The lowest BCUT2D eigenvalue weighted by Gasteiger charge is -2.24. The number of Topliss-reactive ketones (excluding diaryl/α,β-unsaturated/α-hetero) is 1. The highest BCUT2D eigenvalue weighted by molar-refractivity contribution is 5.85. The average molecular weight is 249 g/mol. The van der Waals surface area contributed by atoms with Gasteiger partial charge in [0.05, 0.1) is 13.7 Å². The number of amides is 1. The lowest BCUT2D eigenvalue weighted by Crippen LogP contribution is -2.41. The number of ketones is 1. The summed E-state index contributed by atoms with van der Waals surface area (Å²) in [4.78, 5) is 24.5. The van der Waals surface area contributed by atoms with Gasteiger partial charge < -0.3 is 14.4 Å². The van der Waals surface area contributed by atoms with E-state index >= 15 is 0 Å². The summed E-state index contributed by atoms with van der Waals surface area (Å²) in [6.45, 7) is 0.706.